The average Bonchev–Trinajstić information content (AvgIpc) is 3.59. The van der Waals surface area contributed by atoms with E-state index in [1.807, 2.05) is 48.5 Å². The van der Waals surface area contributed by atoms with Gasteiger partial charge in [0, 0.05) is 0 Å². The quantitative estimate of drug-likeness (QED) is 0.130. The van der Waals surface area contributed by atoms with Crippen LogP contribution in [-0.4, -0.2) is 14.5 Å². The Hall–Kier alpha value is -5.46. The van der Waals surface area contributed by atoms with E-state index in [0.29, 0.717) is 11.6 Å². The summed E-state index contributed by atoms with van der Waals surface area (Å²) in [5.41, 5.74) is 5.39. The molecule has 0 aliphatic heterocycles. The summed E-state index contributed by atoms with van der Waals surface area (Å²) >= 11 is -0.00202. The summed E-state index contributed by atoms with van der Waals surface area (Å²) < 4.78 is 54.8. The van der Waals surface area contributed by atoms with Gasteiger partial charge in [-0.3, -0.25) is 0 Å². The molecule has 10 aromatic rings. The van der Waals surface area contributed by atoms with Crippen molar-refractivity contribution in [1.82, 2.24) is 0 Å². The Balaban J connectivity index is 1.33. The molecule has 0 amide bonds. The molecule has 10 rings (SSSR count). The normalized spacial score (nSPS) is 13.6. The van der Waals surface area contributed by atoms with Gasteiger partial charge in [-0.15, -0.1) is 0 Å². The second-order valence-corrected chi connectivity index (χ2v) is 14.1. The van der Waals surface area contributed by atoms with Crippen LogP contribution < -0.4 is 0 Å². The van der Waals surface area contributed by atoms with Gasteiger partial charge in [-0.05, 0) is 0 Å². The molecule has 0 fully saturated rings. The van der Waals surface area contributed by atoms with Crippen LogP contribution in [0.3, 0.4) is 0 Å². The van der Waals surface area contributed by atoms with Gasteiger partial charge in [-0.2, -0.15) is 0 Å². The third-order valence-electron chi connectivity index (χ3n) is 9.40. The summed E-state index contributed by atoms with van der Waals surface area (Å²) in [7, 11) is 0. The van der Waals surface area contributed by atoms with E-state index in [4.69, 9.17) is 8.22 Å². The van der Waals surface area contributed by atoms with Crippen molar-refractivity contribution in [2.45, 2.75) is 0 Å². The molecule has 1 aromatic heterocycles. The van der Waals surface area contributed by atoms with Crippen molar-refractivity contribution < 1.29 is 8.22 Å². The van der Waals surface area contributed by atoms with Crippen molar-refractivity contribution in [3.05, 3.63) is 170 Å². The molecule has 0 bridgehead atoms. The van der Waals surface area contributed by atoms with Crippen LogP contribution in [-0.2, 0) is 0 Å². The zero-order valence-corrected chi connectivity index (χ0v) is 26.8. The summed E-state index contributed by atoms with van der Waals surface area (Å²) in [6, 6.07) is 45.0. The molecule has 0 nitrogen and oxygen atoms in total. The summed E-state index contributed by atoms with van der Waals surface area (Å²) in [6.07, 6.45) is 0. The van der Waals surface area contributed by atoms with Gasteiger partial charge < -0.3 is 0 Å². The van der Waals surface area contributed by atoms with Gasteiger partial charge in [0.15, 0.2) is 0 Å². The van der Waals surface area contributed by atoms with Crippen molar-refractivity contribution in [3.63, 3.8) is 0 Å². The fraction of sp³-hybridized carbons (Fsp3) is 0. The molecule has 1 heteroatoms. The number of hydrogen-bond donors (Lipinski definition) is 0. The molecule has 0 saturated carbocycles. The van der Waals surface area contributed by atoms with Crippen LogP contribution in [0.4, 0.5) is 0 Å². The van der Waals surface area contributed by atoms with E-state index in [1.54, 1.807) is 0 Å². The van der Waals surface area contributed by atoms with Crippen LogP contribution in [0.2, 0.25) is 0 Å². The van der Waals surface area contributed by atoms with E-state index in [1.165, 1.54) is 30.4 Å². The maximum absolute atomic E-state index is 9.09. The Bertz CT molecular complexity index is 3050. The van der Waals surface area contributed by atoms with Crippen molar-refractivity contribution >= 4 is 76.9 Å². The van der Waals surface area contributed by atoms with E-state index in [-0.39, 0.29) is 44.2 Å². The summed E-state index contributed by atoms with van der Waals surface area (Å²) in [5, 5.41) is 10.1. The van der Waals surface area contributed by atoms with Gasteiger partial charge in [0.1, 0.15) is 0 Å². The molecular weight excluding hydrogens is 631 g/mol. The zero-order chi connectivity index (χ0) is 36.1. The van der Waals surface area contributed by atoms with Gasteiger partial charge in [0.25, 0.3) is 0 Å². The van der Waals surface area contributed by atoms with Gasteiger partial charge in [-0.25, -0.2) is 0 Å². The fourth-order valence-corrected chi connectivity index (χ4v) is 10.1. The van der Waals surface area contributed by atoms with Gasteiger partial charge in [0.2, 0.25) is 0 Å². The average molecular weight is 666 g/mol. The third kappa shape index (κ3) is 4.01. The fourth-order valence-electron chi connectivity index (χ4n) is 7.52. The van der Waals surface area contributed by atoms with Crippen LogP contribution in [0, 0.1) is 0 Å². The molecule has 0 spiro atoms. The first-order valence-electron chi connectivity index (χ1n) is 18.7. The zero-order valence-electron chi connectivity index (χ0n) is 31.1. The SMILES string of the molecule is [2H]c1c([2H])c([2H])c(-c2c3ccccc3c(-c3cccc4[se]c5c(-c6c7ccccc7c([2H])c7ccccc67)cccc5c34)c3ccccc23)c([2H])c1[2H]. The third-order valence-corrected chi connectivity index (χ3v) is 11.9. The molecule has 0 aliphatic carbocycles. The first-order chi connectivity index (χ1) is 25.8. The number of benzene rings is 9. The van der Waals surface area contributed by atoms with Crippen LogP contribution in [0.25, 0.3) is 95.8 Å². The van der Waals surface area contributed by atoms with Gasteiger partial charge in [0.05, 0.1) is 0 Å². The first kappa shape index (κ1) is 21.4. The Morgan fingerprint density at radius 2 is 0.894 bits per heavy atom. The number of hydrogen-bond acceptors (Lipinski definition) is 0. The van der Waals surface area contributed by atoms with Crippen LogP contribution >= 0.6 is 0 Å². The van der Waals surface area contributed by atoms with Crippen molar-refractivity contribution in [1.29, 1.82) is 0 Å². The maximum atomic E-state index is 9.09. The molecule has 0 atom stereocenters. The van der Waals surface area contributed by atoms with E-state index in [0.717, 1.165) is 54.2 Å². The van der Waals surface area contributed by atoms with Crippen LogP contribution in [0.15, 0.2) is 170 Å². The van der Waals surface area contributed by atoms with E-state index in [2.05, 4.69) is 84.9 Å². The molecule has 47 heavy (non-hydrogen) atoms. The second-order valence-electron chi connectivity index (χ2n) is 11.9. The standard InChI is InChI=1S/C46H28Se/c1-2-14-29(15-3-1)42-34-20-8-10-22-36(34)44(37-23-11-9-21-35(37)42)38-24-13-27-41-45(38)40-26-12-25-39(46(40)47-41)43-32-18-6-4-16-30(32)28-31-17-5-7-19-33(31)43/h1-28H/i1D,2D,3D,14D,15D,28D. The summed E-state index contributed by atoms with van der Waals surface area (Å²) in [4.78, 5) is 0. The second kappa shape index (κ2) is 10.5. The Morgan fingerprint density at radius 3 is 1.53 bits per heavy atom. The molecule has 0 saturated heterocycles. The first-order valence-corrected chi connectivity index (χ1v) is 17.4. The molecular formula is C46H28Se. The Kier molecular flexibility index (Phi) is 4.79. The Morgan fingerprint density at radius 1 is 0.404 bits per heavy atom. The monoisotopic (exact) mass is 666 g/mol. The van der Waals surface area contributed by atoms with Gasteiger partial charge >= 0.3 is 288 Å². The van der Waals surface area contributed by atoms with E-state index >= 15 is 0 Å². The van der Waals surface area contributed by atoms with Crippen LogP contribution in [0.5, 0.6) is 0 Å². The summed E-state index contributed by atoms with van der Waals surface area (Å²) in [6.45, 7) is 0. The predicted molar refractivity (Wildman–Crippen MR) is 205 cm³/mol. The molecule has 0 N–H and O–H groups in total. The molecule has 0 aliphatic rings. The van der Waals surface area contributed by atoms with Crippen molar-refractivity contribution in [3.8, 4) is 33.4 Å². The van der Waals surface area contributed by atoms with Crippen molar-refractivity contribution in [2.24, 2.45) is 0 Å². The topological polar surface area (TPSA) is 0 Å². The van der Waals surface area contributed by atoms with Gasteiger partial charge in [-0.1, -0.05) is 0 Å². The van der Waals surface area contributed by atoms with E-state index in [9.17, 15) is 0 Å². The minimum absolute atomic E-state index is 0.00202. The number of rotatable bonds is 3. The molecule has 1 heterocycles. The predicted octanol–water partition coefficient (Wildman–Crippen LogP) is 12.7. The van der Waals surface area contributed by atoms with Crippen LogP contribution in [0.1, 0.15) is 8.22 Å². The summed E-state index contributed by atoms with van der Waals surface area (Å²) in [5.74, 6) is 0. The molecule has 0 unspecified atom stereocenters. The minimum atomic E-state index is -0.398. The molecule has 218 valence electrons. The molecule has 0 radical (unpaired) electrons. The Labute approximate surface area is 287 Å². The van der Waals surface area contributed by atoms with E-state index < -0.39 is 6.04 Å². The number of fused-ring (bicyclic) bond motifs is 7. The molecule has 9 aromatic carbocycles. The van der Waals surface area contributed by atoms with Crippen molar-refractivity contribution in [2.75, 3.05) is 0 Å².